The Morgan fingerprint density at radius 1 is 1.42 bits per heavy atom. The van der Waals surface area contributed by atoms with Crippen molar-refractivity contribution < 1.29 is 8.42 Å². The molecule has 0 aliphatic rings. The summed E-state index contributed by atoms with van der Waals surface area (Å²) in [5, 5.41) is 2.83. The van der Waals surface area contributed by atoms with Crippen molar-refractivity contribution in [2.75, 3.05) is 18.1 Å². The highest BCUT2D eigenvalue weighted by Crippen LogP contribution is 2.15. The fourth-order valence-electron chi connectivity index (χ4n) is 1.38. The number of sulfone groups is 1. The summed E-state index contributed by atoms with van der Waals surface area (Å²) in [7, 11) is -3.21. The third-order valence-corrected chi connectivity index (χ3v) is 5.26. The largest absolute Gasteiger partial charge is 0.364 e. The van der Waals surface area contributed by atoms with Crippen LogP contribution in [0.25, 0.3) is 0 Å². The number of anilines is 1. The third kappa shape index (κ3) is 3.56. The van der Waals surface area contributed by atoms with E-state index in [1.165, 1.54) is 12.5 Å². The first-order valence-corrected chi connectivity index (χ1v) is 7.96. The van der Waals surface area contributed by atoms with Crippen LogP contribution >= 0.6 is 0 Å². The molecule has 6 nitrogen and oxygen atoms in total. The summed E-state index contributed by atoms with van der Waals surface area (Å²) < 4.78 is 23.8. The molecule has 108 valence electrons. The zero-order chi connectivity index (χ0) is 14.8. The molecule has 0 fully saturated rings. The van der Waals surface area contributed by atoms with E-state index in [0.29, 0.717) is 0 Å². The van der Waals surface area contributed by atoms with E-state index in [1.54, 1.807) is 24.6 Å². The molecule has 0 saturated carbocycles. The molecular formula is C12H21N3O3S. The predicted molar refractivity (Wildman–Crippen MR) is 76.3 cm³/mol. The van der Waals surface area contributed by atoms with Gasteiger partial charge in [-0.25, -0.2) is 13.4 Å². The summed E-state index contributed by atoms with van der Waals surface area (Å²) in [6.07, 6.45) is 4.32. The predicted octanol–water partition coefficient (Wildman–Crippen LogP) is 1.06. The Labute approximate surface area is 113 Å². The van der Waals surface area contributed by atoms with Gasteiger partial charge in [0.25, 0.3) is 5.56 Å². The topological polar surface area (TPSA) is 81.1 Å². The molecule has 0 atom stereocenters. The fraction of sp³-hybridized carbons (Fsp3) is 0.667. The molecule has 0 radical (unpaired) electrons. The highest BCUT2D eigenvalue weighted by Gasteiger charge is 2.30. The number of aromatic nitrogens is 2. The molecule has 1 N–H and O–H groups in total. The first kappa shape index (κ1) is 15.7. The fourth-order valence-corrected chi connectivity index (χ4v) is 1.71. The second-order valence-corrected chi connectivity index (χ2v) is 8.12. The van der Waals surface area contributed by atoms with E-state index < -0.39 is 14.6 Å². The van der Waals surface area contributed by atoms with E-state index in [0.717, 1.165) is 0 Å². The van der Waals surface area contributed by atoms with Gasteiger partial charge in [0.1, 0.15) is 0 Å². The lowest BCUT2D eigenvalue weighted by Gasteiger charge is -2.23. The second kappa shape index (κ2) is 5.32. The van der Waals surface area contributed by atoms with Gasteiger partial charge in [0.2, 0.25) is 0 Å². The summed E-state index contributed by atoms with van der Waals surface area (Å²) in [4.78, 5) is 16.0. The van der Waals surface area contributed by atoms with Crippen molar-refractivity contribution >= 4 is 15.7 Å². The number of hydrogen-bond acceptors (Lipinski definition) is 5. The minimum atomic E-state index is -3.21. The van der Waals surface area contributed by atoms with Gasteiger partial charge in [0.05, 0.1) is 4.75 Å². The Hall–Kier alpha value is -1.37. The van der Waals surface area contributed by atoms with Gasteiger partial charge in [-0.3, -0.25) is 4.79 Å². The van der Waals surface area contributed by atoms with Crippen LogP contribution in [-0.2, 0) is 9.84 Å². The molecule has 0 unspecified atom stereocenters. The monoisotopic (exact) mass is 287 g/mol. The summed E-state index contributed by atoms with van der Waals surface area (Å²) in [6.45, 7) is 7.14. The van der Waals surface area contributed by atoms with Gasteiger partial charge in [0.15, 0.2) is 15.7 Å². The SMILES string of the molecule is CC(C)n1ccnc(NCC(C)(C)S(C)(=O)=O)c1=O. The average Bonchev–Trinajstić information content (AvgIpc) is 2.25. The zero-order valence-corrected chi connectivity index (χ0v) is 12.8. The van der Waals surface area contributed by atoms with Crippen LogP contribution in [0.2, 0.25) is 0 Å². The molecule has 0 spiro atoms. The number of rotatable bonds is 5. The van der Waals surface area contributed by atoms with E-state index in [2.05, 4.69) is 10.3 Å². The van der Waals surface area contributed by atoms with Crippen LogP contribution in [0.3, 0.4) is 0 Å². The maximum absolute atomic E-state index is 12.1. The van der Waals surface area contributed by atoms with E-state index in [1.807, 2.05) is 13.8 Å². The number of nitrogens with zero attached hydrogens (tertiary/aromatic N) is 2. The van der Waals surface area contributed by atoms with Crippen LogP contribution in [0.1, 0.15) is 33.7 Å². The molecule has 0 aromatic carbocycles. The summed E-state index contributed by atoms with van der Waals surface area (Å²) in [6, 6.07) is 0.0268. The van der Waals surface area contributed by atoms with Crippen molar-refractivity contribution in [1.82, 2.24) is 9.55 Å². The molecule has 0 aliphatic carbocycles. The Kier molecular flexibility index (Phi) is 4.39. The Morgan fingerprint density at radius 2 is 2.00 bits per heavy atom. The molecule has 19 heavy (non-hydrogen) atoms. The van der Waals surface area contributed by atoms with Crippen molar-refractivity contribution in [3.8, 4) is 0 Å². The number of nitrogens with one attached hydrogen (secondary N) is 1. The normalized spacial score (nSPS) is 12.7. The van der Waals surface area contributed by atoms with Gasteiger partial charge in [0, 0.05) is 31.2 Å². The van der Waals surface area contributed by atoms with E-state index in [4.69, 9.17) is 0 Å². The van der Waals surface area contributed by atoms with Gasteiger partial charge >= 0.3 is 0 Å². The Morgan fingerprint density at radius 3 is 2.47 bits per heavy atom. The van der Waals surface area contributed by atoms with Crippen LogP contribution < -0.4 is 10.9 Å². The molecule has 0 bridgehead atoms. The van der Waals surface area contributed by atoms with Crippen LogP contribution in [-0.4, -0.2) is 35.5 Å². The third-order valence-electron chi connectivity index (χ3n) is 3.11. The molecule has 1 rings (SSSR count). The van der Waals surface area contributed by atoms with Crippen molar-refractivity contribution in [3.05, 3.63) is 22.7 Å². The molecule has 0 aliphatic heterocycles. The maximum atomic E-state index is 12.1. The van der Waals surface area contributed by atoms with Crippen LogP contribution in [0.4, 0.5) is 5.82 Å². The van der Waals surface area contributed by atoms with Crippen LogP contribution in [0.5, 0.6) is 0 Å². The minimum Gasteiger partial charge on any atom is -0.364 e. The first-order chi connectivity index (χ1) is 8.56. The van der Waals surface area contributed by atoms with Gasteiger partial charge < -0.3 is 9.88 Å². The molecule has 7 heteroatoms. The van der Waals surface area contributed by atoms with Crippen LogP contribution in [0.15, 0.2) is 17.2 Å². The Balaban J connectivity index is 2.98. The lowest BCUT2D eigenvalue weighted by atomic mass is 10.2. The summed E-state index contributed by atoms with van der Waals surface area (Å²) in [5.74, 6) is 0.174. The highest BCUT2D eigenvalue weighted by molar-refractivity contribution is 7.92. The van der Waals surface area contributed by atoms with Crippen molar-refractivity contribution in [3.63, 3.8) is 0 Å². The molecule has 0 saturated heterocycles. The first-order valence-electron chi connectivity index (χ1n) is 6.07. The van der Waals surface area contributed by atoms with E-state index >= 15 is 0 Å². The second-order valence-electron chi connectivity index (χ2n) is 5.47. The molecule has 1 aromatic rings. The minimum absolute atomic E-state index is 0.0268. The zero-order valence-electron chi connectivity index (χ0n) is 12.0. The summed E-state index contributed by atoms with van der Waals surface area (Å²) >= 11 is 0. The lowest BCUT2D eigenvalue weighted by molar-refractivity contribution is 0.557. The maximum Gasteiger partial charge on any atom is 0.293 e. The highest BCUT2D eigenvalue weighted by atomic mass is 32.2. The standard InChI is InChI=1S/C12H21N3O3S/c1-9(2)15-7-6-13-10(11(15)16)14-8-12(3,4)19(5,17)18/h6-7,9H,8H2,1-5H3,(H,13,14). The van der Waals surface area contributed by atoms with Crippen molar-refractivity contribution in [1.29, 1.82) is 0 Å². The van der Waals surface area contributed by atoms with E-state index in [-0.39, 0.29) is 24.0 Å². The number of hydrogen-bond donors (Lipinski definition) is 1. The molecular weight excluding hydrogens is 266 g/mol. The quantitative estimate of drug-likeness (QED) is 0.875. The molecule has 1 heterocycles. The lowest BCUT2D eigenvalue weighted by Crippen LogP contribution is -2.39. The van der Waals surface area contributed by atoms with Gasteiger partial charge in [-0.05, 0) is 27.7 Å². The molecule has 1 aromatic heterocycles. The van der Waals surface area contributed by atoms with Gasteiger partial charge in [-0.1, -0.05) is 0 Å². The van der Waals surface area contributed by atoms with E-state index in [9.17, 15) is 13.2 Å². The van der Waals surface area contributed by atoms with Crippen LogP contribution in [0, 0.1) is 0 Å². The Bertz CT molecular complexity index is 603. The van der Waals surface area contributed by atoms with Crippen molar-refractivity contribution in [2.24, 2.45) is 0 Å². The average molecular weight is 287 g/mol. The molecule has 0 amide bonds. The summed E-state index contributed by atoms with van der Waals surface area (Å²) in [5.41, 5.74) is -0.248. The smallest absolute Gasteiger partial charge is 0.293 e. The van der Waals surface area contributed by atoms with Gasteiger partial charge in [-0.15, -0.1) is 0 Å². The van der Waals surface area contributed by atoms with Gasteiger partial charge in [-0.2, -0.15) is 0 Å². The van der Waals surface area contributed by atoms with Crippen molar-refractivity contribution in [2.45, 2.75) is 38.5 Å².